The molecule has 1 aromatic carbocycles. The summed E-state index contributed by atoms with van der Waals surface area (Å²) in [7, 11) is -1.11. The molecule has 3 rings (SSSR count). The molecule has 0 saturated carbocycles. The molecule has 0 unspecified atom stereocenters. The van der Waals surface area contributed by atoms with Gasteiger partial charge >= 0.3 is 0 Å². The Morgan fingerprint density at radius 2 is 2.00 bits per heavy atom. The second kappa shape index (κ2) is 8.12. The van der Waals surface area contributed by atoms with Crippen LogP contribution in [0.1, 0.15) is 5.56 Å². The Morgan fingerprint density at radius 3 is 2.70 bits per heavy atom. The highest BCUT2D eigenvalue weighted by molar-refractivity contribution is 9.10. The lowest BCUT2D eigenvalue weighted by Gasteiger charge is -2.15. The number of fused-ring (bicyclic) bond motifs is 1. The Morgan fingerprint density at radius 1 is 1.22 bits per heavy atom. The van der Waals surface area contributed by atoms with Crippen LogP contribution >= 0.6 is 15.9 Å². The molecule has 0 bridgehead atoms. The van der Waals surface area contributed by atoms with E-state index in [1.807, 2.05) is 10.8 Å². The van der Waals surface area contributed by atoms with E-state index in [4.69, 9.17) is 9.47 Å². The third-order valence-corrected chi connectivity index (χ3v) is 6.58. The molecule has 4 nitrogen and oxygen atoms in total. The van der Waals surface area contributed by atoms with E-state index < -0.39 is 8.07 Å². The fraction of sp³-hybridized carbons (Fsp3) is 0.350. The summed E-state index contributed by atoms with van der Waals surface area (Å²) in [4.78, 5) is 4.47. The van der Waals surface area contributed by atoms with Crippen molar-refractivity contribution in [3.8, 4) is 11.5 Å². The normalized spacial score (nSPS) is 11.9. The number of rotatable bonds is 7. The van der Waals surface area contributed by atoms with Gasteiger partial charge in [-0.1, -0.05) is 25.7 Å². The highest BCUT2D eigenvalue weighted by Crippen LogP contribution is 2.35. The van der Waals surface area contributed by atoms with Gasteiger partial charge in [0, 0.05) is 37.6 Å². The zero-order chi connectivity index (χ0) is 19.6. The maximum atomic E-state index is 13.8. The summed E-state index contributed by atoms with van der Waals surface area (Å²) < 4.78 is 28.4. The molecule has 0 aliphatic carbocycles. The van der Waals surface area contributed by atoms with E-state index in [-0.39, 0.29) is 5.82 Å². The SMILES string of the molecule is Cc1ccc(Oc2ccnc3c2c(Br)cn3COCC[Si](C)(C)C)cc1F. The van der Waals surface area contributed by atoms with Gasteiger partial charge in [0.15, 0.2) is 0 Å². The van der Waals surface area contributed by atoms with Crippen LogP contribution in [0, 0.1) is 12.7 Å². The molecule has 3 aromatic rings. The van der Waals surface area contributed by atoms with Crippen molar-refractivity contribution >= 4 is 35.0 Å². The first-order chi connectivity index (χ1) is 12.7. The number of nitrogens with zero attached hydrogens (tertiary/aromatic N) is 2. The van der Waals surface area contributed by atoms with Crippen LogP contribution in [-0.2, 0) is 11.5 Å². The van der Waals surface area contributed by atoms with Gasteiger partial charge in [-0.15, -0.1) is 0 Å². The van der Waals surface area contributed by atoms with Crippen LogP contribution < -0.4 is 4.74 Å². The van der Waals surface area contributed by atoms with E-state index in [2.05, 4.69) is 40.6 Å². The summed E-state index contributed by atoms with van der Waals surface area (Å²) in [5.41, 5.74) is 1.35. The summed E-state index contributed by atoms with van der Waals surface area (Å²) in [6, 6.07) is 7.76. The summed E-state index contributed by atoms with van der Waals surface area (Å²) in [5.74, 6) is 0.790. The van der Waals surface area contributed by atoms with Crippen LogP contribution in [0.5, 0.6) is 11.5 Å². The second-order valence-corrected chi connectivity index (χ2v) is 14.3. The predicted octanol–water partition coefficient (Wildman–Crippen LogP) is 6.35. The zero-order valence-corrected chi connectivity index (χ0v) is 18.6. The topological polar surface area (TPSA) is 36.3 Å². The van der Waals surface area contributed by atoms with Gasteiger partial charge < -0.3 is 14.0 Å². The molecule has 2 aromatic heterocycles. The van der Waals surface area contributed by atoms with Crippen molar-refractivity contribution in [3.63, 3.8) is 0 Å². The van der Waals surface area contributed by atoms with E-state index >= 15 is 0 Å². The minimum absolute atomic E-state index is 0.287. The van der Waals surface area contributed by atoms with E-state index in [1.165, 1.54) is 6.07 Å². The lowest BCUT2D eigenvalue weighted by molar-refractivity contribution is 0.0898. The minimum Gasteiger partial charge on any atom is -0.456 e. The first-order valence-electron chi connectivity index (χ1n) is 8.90. The Bertz CT molecular complexity index is 953. The predicted molar refractivity (Wildman–Crippen MR) is 113 cm³/mol. The van der Waals surface area contributed by atoms with Gasteiger partial charge in [-0.3, -0.25) is 0 Å². The molecular weight excluding hydrogens is 427 g/mol. The number of aromatic nitrogens is 2. The Kier molecular flexibility index (Phi) is 6.03. The molecule has 7 heteroatoms. The summed E-state index contributed by atoms with van der Waals surface area (Å²) in [6.45, 7) is 9.89. The van der Waals surface area contributed by atoms with Gasteiger partial charge in [0.2, 0.25) is 0 Å². The first-order valence-corrected chi connectivity index (χ1v) is 13.4. The van der Waals surface area contributed by atoms with Crippen LogP contribution in [0.15, 0.2) is 41.1 Å². The van der Waals surface area contributed by atoms with Crippen molar-refractivity contribution in [1.29, 1.82) is 0 Å². The maximum Gasteiger partial charge on any atom is 0.146 e. The van der Waals surface area contributed by atoms with E-state index in [0.29, 0.717) is 23.8 Å². The van der Waals surface area contributed by atoms with Gasteiger partial charge in [-0.2, -0.15) is 0 Å². The maximum absolute atomic E-state index is 13.8. The standard InChI is InChI=1S/C20H24BrFN2O2Si/c1-14-5-6-15(11-17(14)22)26-18-7-8-23-20-19(18)16(21)12-24(20)13-25-9-10-27(2,3)4/h5-8,11-12H,9-10,13H2,1-4H3. The van der Waals surface area contributed by atoms with E-state index in [0.717, 1.165) is 28.2 Å². The number of ether oxygens (including phenoxy) is 2. The van der Waals surface area contributed by atoms with Crippen molar-refractivity contribution in [1.82, 2.24) is 9.55 Å². The van der Waals surface area contributed by atoms with Crippen LogP contribution in [0.2, 0.25) is 25.7 Å². The number of pyridine rings is 1. The van der Waals surface area contributed by atoms with Gasteiger partial charge in [0.05, 0.1) is 5.39 Å². The average Bonchev–Trinajstić information content (AvgIpc) is 2.91. The lowest BCUT2D eigenvalue weighted by Crippen LogP contribution is -2.22. The largest absolute Gasteiger partial charge is 0.456 e. The molecule has 0 atom stereocenters. The van der Waals surface area contributed by atoms with E-state index in [9.17, 15) is 4.39 Å². The van der Waals surface area contributed by atoms with Crippen molar-refractivity contribution in [2.75, 3.05) is 6.61 Å². The van der Waals surface area contributed by atoms with Gasteiger partial charge in [-0.25, -0.2) is 9.37 Å². The summed E-state index contributed by atoms with van der Waals surface area (Å²) in [6.07, 6.45) is 3.63. The van der Waals surface area contributed by atoms with Crippen molar-refractivity contribution < 1.29 is 13.9 Å². The smallest absolute Gasteiger partial charge is 0.146 e. The van der Waals surface area contributed by atoms with Crippen molar-refractivity contribution in [2.24, 2.45) is 0 Å². The molecule has 0 spiro atoms. The molecule has 144 valence electrons. The molecule has 0 radical (unpaired) electrons. The number of hydrogen-bond donors (Lipinski definition) is 0. The third kappa shape index (κ3) is 4.97. The Hall–Kier alpha value is -1.70. The summed E-state index contributed by atoms with van der Waals surface area (Å²) >= 11 is 3.59. The molecule has 2 heterocycles. The van der Waals surface area contributed by atoms with Crippen LogP contribution in [0.3, 0.4) is 0 Å². The van der Waals surface area contributed by atoms with Gasteiger partial charge in [0.25, 0.3) is 0 Å². The van der Waals surface area contributed by atoms with Crippen LogP contribution in [-0.4, -0.2) is 24.2 Å². The lowest BCUT2D eigenvalue weighted by atomic mass is 10.2. The van der Waals surface area contributed by atoms with Gasteiger partial charge in [-0.05, 0) is 46.6 Å². The third-order valence-electron chi connectivity index (χ3n) is 4.27. The quantitative estimate of drug-likeness (QED) is 0.310. The van der Waals surface area contributed by atoms with Crippen molar-refractivity contribution in [3.05, 3.63) is 52.5 Å². The molecule has 0 saturated heterocycles. The number of aryl methyl sites for hydroxylation is 1. The molecular formula is C20H24BrFN2O2Si. The molecule has 0 N–H and O–H groups in total. The molecule has 0 fully saturated rings. The Labute approximate surface area is 168 Å². The molecule has 0 aliphatic rings. The summed E-state index contributed by atoms with van der Waals surface area (Å²) in [5, 5.41) is 0.840. The monoisotopic (exact) mass is 450 g/mol. The fourth-order valence-electron chi connectivity index (χ4n) is 2.63. The first kappa shape index (κ1) is 20.0. The molecule has 0 aliphatic heterocycles. The van der Waals surface area contributed by atoms with Crippen LogP contribution in [0.25, 0.3) is 11.0 Å². The van der Waals surface area contributed by atoms with Crippen LogP contribution in [0.4, 0.5) is 4.39 Å². The second-order valence-electron chi connectivity index (χ2n) is 7.82. The number of hydrogen-bond acceptors (Lipinski definition) is 3. The number of halogens is 2. The highest BCUT2D eigenvalue weighted by Gasteiger charge is 2.15. The van der Waals surface area contributed by atoms with Gasteiger partial charge in [0.1, 0.15) is 29.7 Å². The molecule has 27 heavy (non-hydrogen) atoms. The number of benzene rings is 1. The zero-order valence-electron chi connectivity index (χ0n) is 16.1. The van der Waals surface area contributed by atoms with E-state index in [1.54, 1.807) is 31.3 Å². The minimum atomic E-state index is -1.11. The molecule has 0 amide bonds. The Balaban J connectivity index is 1.81. The highest BCUT2D eigenvalue weighted by atomic mass is 79.9. The average molecular weight is 451 g/mol. The van der Waals surface area contributed by atoms with Crippen molar-refractivity contribution in [2.45, 2.75) is 39.3 Å². The fourth-order valence-corrected chi connectivity index (χ4v) is 4.00.